The van der Waals surface area contributed by atoms with Crippen LogP contribution >= 0.6 is 0 Å². The van der Waals surface area contributed by atoms with Crippen LogP contribution in [0.4, 0.5) is 11.6 Å². The van der Waals surface area contributed by atoms with Gasteiger partial charge in [-0.05, 0) is 36.8 Å². The SMILES string of the molecule is CCNc1cccc(N(C)Cc2ccc(OC)cc2)n1. The summed E-state index contributed by atoms with van der Waals surface area (Å²) in [5.74, 6) is 2.74. The monoisotopic (exact) mass is 271 g/mol. The Morgan fingerprint density at radius 2 is 1.90 bits per heavy atom. The van der Waals surface area contributed by atoms with Gasteiger partial charge in [-0.2, -0.15) is 0 Å². The van der Waals surface area contributed by atoms with Crippen LogP contribution in [0.1, 0.15) is 12.5 Å². The summed E-state index contributed by atoms with van der Waals surface area (Å²) in [7, 11) is 3.72. The lowest BCUT2D eigenvalue weighted by Crippen LogP contribution is -2.18. The zero-order valence-corrected chi connectivity index (χ0v) is 12.3. The fourth-order valence-corrected chi connectivity index (χ4v) is 2.00. The Hall–Kier alpha value is -2.23. The number of aromatic nitrogens is 1. The van der Waals surface area contributed by atoms with E-state index in [0.29, 0.717) is 0 Å². The zero-order chi connectivity index (χ0) is 14.4. The first-order chi connectivity index (χ1) is 9.72. The van der Waals surface area contributed by atoms with Crippen molar-refractivity contribution in [2.45, 2.75) is 13.5 Å². The summed E-state index contributed by atoms with van der Waals surface area (Å²) in [6.07, 6.45) is 0. The molecule has 4 heteroatoms. The van der Waals surface area contributed by atoms with Gasteiger partial charge in [0.25, 0.3) is 0 Å². The smallest absolute Gasteiger partial charge is 0.130 e. The number of rotatable bonds is 6. The number of anilines is 2. The Morgan fingerprint density at radius 1 is 1.15 bits per heavy atom. The third-order valence-corrected chi connectivity index (χ3v) is 3.06. The highest BCUT2D eigenvalue weighted by Crippen LogP contribution is 2.17. The fourth-order valence-electron chi connectivity index (χ4n) is 2.00. The molecule has 1 N–H and O–H groups in total. The molecular weight excluding hydrogens is 250 g/mol. The Bertz CT molecular complexity index is 540. The summed E-state index contributed by atoms with van der Waals surface area (Å²) in [5, 5.41) is 3.23. The number of ether oxygens (including phenoxy) is 1. The average molecular weight is 271 g/mol. The average Bonchev–Trinajstić information content (AvgIpc) is 2.48. The third-order valence-electron chi connectivity index (χ3n) is 3.06. The molecule has 0 unspecified atom stereocenters. The second-order valence-corrected chi connectivity index (χ2v) is 4.62. The van der Waals surface area contributed by atoms with Crippen molar-refractivity contribution in [1.82, 2.24) is 4.98 Å². The van der Waals surface area contributed by atoms with Crippen LogP contribution in [0.3, 0.4) is 0 Å². The summed E-state index contributed by atoms with van der Waals surface area (Å²) in [6, 6.07) is 14.1. The minimum absolute atomic E-state index is 0.812. The normalized spacial score (nSPS) is 10.2. The molecule has 20 heavy (non-hydrogen) atoms. The molecule has 0 atom stereocenters. The van der Waals surface area contributed by atoms with Gasteiger partial charge in [0.05, 0.1) is 7.11 Å². The number of nitrogens with zero attached hydrogens (tertiary/aromatic N) is 2. The van der Waals surface area contributed by atoms with Crippen LogP contribution in [-0.4, -0.2) is 25.7 Å². The van der Waals surface area contributed by atoms with E-state index in [4.69, 9.17) is 4.74 Å². The van der Waals surface area contributed by atoms with Gasteiger partial charge in [-0.1, -0.05) is 18.2 Å². The van der Waals surface area contributed by atoms with Crippen LogP contribution < -0.4 is 15.0 Å². The molecule has 2 rings (SSSR count). The first-order valence-corrected chi connectivity index (χ1v) is 6.78. The predicted octanol–water partition coefficient (Wildman–Crippen LogP) is 3.16. The van der Waals surface area contributed by atoms with Gasteiger partial charge >= 0.3 is 0 Å². The van der Waals surface area contributed by atoms with Gasteiger partial charge in [0.1, 0.15) is 17.4 Å². The molecule has 0 fully saturated rings. The third kappa shape index (κ3) is 3.63. The van der Waals surface area contributed by atoms with Gasteiger partial charge < -0.3 is 15.0 Å². The molecule has 0 saturated heterocycles. The van der Waals surface area contributed by atoms with E-state index in [2.05, 4.69) is 34.3 Å². The van der Waals surface area contributed by atoms with E-state index in [1.54, 1.807) is 7.11 Å². The number of benzene rings is 1. The Labute approximate surface area is 120 Å². The molecule has 0 saturated carbocycles. The van der Waals surface area contributed by atoms with Crippen LogP contribution in [0, 0.1) is 0 Å². The van der Waals surface area contributed by atoms with Gasteiger partial charge in [-0.3, -0.25) is 0 Å². The minimum Gasteiger partial charge on any atom is -0.497 e. The molecule has 2 aromatic rings. The minimum atomic E-state index is 0.812. The molecule has 1 aromatic heterocycles. The molecule has 0 radical (unpaired) electrons. The second kappa shape index (κ2) is 6.80. The maximum atomic E-state index is 5.17. The summed E-state index contributed by atoms with van der Waals surface area (Å²) in [5.41, 5.74) is 1.23. The fraction of sp³-hybridized carbons (Fsp3) is 0.312. The maximum absolute atomic E-state index is 5.17. The summed E-state index contributed by atoms with van der Waals surface area (Å²) in [4.78, 5) is 6.71. The maximum Gasteiger partial charge on any atom is 0.130 e. The molecule has 0 aliphatic heterocycles. The highest BCUT2D eigenvalue weighted by molar-refractivity contribution is 5.47. The van der Waals surface area contributed by atoms with Crippen molar-refractivity contribution in [1.29, 1.82) is 0 Å². The molecular formula is C16H21N3O. The summed E-state index contributed by atoms with van der Waals surface area (Å²) < 4.78 is 5.17. The number of pyridine rings is 1. The second-order valence-electron chi connectivity index (χ2n) is 4.62. The van der Waals surface area contributed by atoms with E-state index in [1.807, 2.05) is 37.4 Å². The van der Waals surface area contributed by atoms with Crippen LogP contribution in [0.25, 0.3) is 0 Å². The highest BCUT2D eigenvalue weighted by atomic mass is 16.5. The van der Waals surface area contributed by atoms with Crippen molar-refractivity contribution < 1.29 is 4.74 Å². The van der Waals surface area contributed by atoms with Crippen LogP contribution in [0.15, 0.2) is 42.5 Å². The predicted molar refractivity (Wildman–Crippen MR) is 83.5 cm³/mol. The molecule has 1 heterocycles. The molecule has 106 valence electrons. The van der Waals surface area contributed by atoms with Gasteiger partial charge in [-0.15, -0.1) is 0 Å². The van der Waals surface area contributed by atoms with Crippen molar-refractivity contribution in [3.8, 4) is 5.75 Å². The number of hydrogen-bond donors (Lipinski definition) is 1. The highest BCUT2D eigenvalue weighted by Gasteiger charge is 2.04. The summed E-state index contributed by atoms with van der Waals surface area (Å²) >= 11 is 0. The van der Waals surface area contributed by atoms with E-state index in [9.17, 15) is 0 Å². The summed E-state index contributed by atoms with van der Waals surface area (Å²) in [6.45, 7) is 3.75. The molecule has 1 aromatic carbocycles. The van der Waals surface area contributed by atoms with Crippen LogP contribution in [-0.2, 0) is 6.54 Å². The first-order valence-electron chi connectivity index (χ1n) is 6.78. The molecule has 0 aliphatic carbocycles. The Balaban J connectivity index is 2.06. The molecule has 0 bridgehead atoms. The Morgan fingerprint density at radius 3 is 2.55 bits per heavy atom. The van der Waals surface area contributed by atoms with E-state index < -0.39 is 0 Å². The first kappa shape index (κ1) is 14.2. The van der Waals surface area contributed by atoms with Crippen molar-refractivity contribution in [2.24, 2.45) is 0 Å². The van der Waals surface area contributed by atoms with E-state index in [0.717, 1.165) is 30.5 Å². The molecule has 0 spiro atoms. The largest absolute Gasteiger partial charge is 0.497 e. The van der Waals surface area contributed by atoms with Crippen LogP contribution in [0.2, 0.25) is 0 Å². The van der Waals surface area contributed by atoms with Crippen LogP contribution in [0.5, 0.6) is 5.75 Å². The van der Waals surface area contributed by atoms with Gasteiger partial charge in [-0.25, -0.2) is 4.98 Å². The van der Waals surface area contributed by atoms with E-state index in [1.165, 1.54) is 5.56 Å². The standard InChI is InChI=1S/C16H21N3O/c1-4-17-15-6-5-7-16(18-15)19(2)12-13-8-10-14(20-3)11-9-13/h5-11H,4,12H2,1-3H3,(H,17,18). The van der Waals surface area contributed by atoms with E-state index in [-0.39, 0.29) is 0 Å². The molecule has 0 aliphatic rings. The lowest BCUT2D eigenvalue weighted by molar-refractivity contribution is 0.414. The molecule has 0 amide bonds. The number of hydrogen-bond acceptors (Lipinski definition) is 4. The van der Waals surface area contributed by atoms with Gasteiger partial charge in [0, 0.05) is 20.1 Å². The molecule has 4 nitrogen and oxygen atoms in total. The number of nitrogens with one attached hydrogen (secondary N) is 1. The van der Waals surface area contributed by atoms with E-state index >= 15 is 0 Å². The number of methoxy groups -OCH3 is 1. The Kier molecular flexibility index (Phi) is 4.82. The quantitative estimate of drug-likeness (QED) is 0.875. The topological polar surface area (TPSA) is 37.4 Å². The lowest BCUT2D eigenvalue weighted by Gasteiger charge is -2.19. The van der Waals surface area contributed by atoms with Gasteiger partial charge in [0.15, 0.2) is 0 Å². The van der Waals surface area contributed by atoms with Gasteiger partial charge in [0.2, 0.25) is 0 Å². The van der Waals surface area contributed by atoms with Crippen molar-refractivity contribution in [3.05, 3.63) is 48.0 Å². The van der Waals surface area contributed by atoms with Crippen molar-refractivity contribution in [3.63, 3.8) is 0 Å². The van der Waals surface area contributed by atoms with Crippen molar-refractivity contribution >= 4 is 11.6 Å². The zero-order valence-electron chi connectivity index (χ0n) is 12.3. The van der Waals surface area contributed by atoms with Crippen molar-refractivity contribution in [2.75, 3.05) is 30.9 Å². The lowest BCUT2D eigenvalue weighted by atomic mass is 10.2.